The molecule has 6 nitrogen and oxygen atoms in total. The van der Waals surface area contributed by atoms with Crippen LogP contribution in [0, 0.1) is 0 Å². The van der Waals surface area contributed by atoms with E-state index in [0.717, 1.165) is 30.0 Å². The maximum atomic E-state index is 12.5. The van der Waals surface area contributed by atoms with Gasteiger partial charge in [-0.3, -0.25) is 9.59 Å². The first-order chi connectivity index (χ1) is 11.1. The maximum Gasteiger partial charge on any atom is 0.416 e. The van der Waals surface area contributed by atoms with Gasteiger partial charge in [-0.2, -0.15) is 13.2 Å². The van der Waals surface area contributed by atoms with Crippen LogP contribution in [0.1, 0.15) is 12.5 Å². The molecular weight excluding hydrogens is 345 g/mol. The number of thioether (sulfide) groups is 1. The van der Waals surface area contributed by atoms with Crippen molar-refractivity contribution in [3.05, 3.63) is 46.2 Å². The Labute approximate surface area is 138 Å². The third-order valence-corrected chi connectivity index (χ3v) is 3.86. The zero-order valence-electron chi connectivity index (χ0n) is 12.3. The molecular formula is C14H13F3N4O2S. The second-order valence-corrected chi connectivity index (χ2v) is 6.13. The Morgan fingerprint density at radius 3 is 2.50 bits per heavy atom. The molecule has 2 rings (SSSR count). The number of amides is 1. The highest BCUT2D eigenvalue weighted by Gasteiger charge is 2.30. The van der Waals surface area contributed by atoms with Gasteiger partial charge in [0, 0.05) is 11.8 Å². The van der Waals surface area contributed by atoms with Crippen molar-refractivity contribution >= 4 is 29.2 Å². The maximum absolute atomic E-state index is 12.5. The van der Waals surface area contributed by atoms with Crippen molar-refractivity contribution in [3.63, 3.8) is 0 Å². The number of rotatable bonds is 4. The summed E-state index contributed by atoms with van der Waals surface area (Å²) in [6, 6.07) is 5.20. The van der Waals surface area contributed by atoms with Crippen LogP contribution in [0.15, 0.2) is 40.3 Å². The monoisotopic (exact) mass is 358 g/mol. The number of nitrogen functional groups attached to an aromatic ring is 1. The van der Waals surface area contributed by atoms with Crippen molar-refractivity contribution in [3.8, 4) is 0 Å². The molecule has 4 N–H and O–H groups in total. The first-order valence-corrected chi connectivity index (χ1v) is 7.55. The predicted octanol–water partition coefficient (Wildman–Crippen LogP) is 2.49. The zero-order chi connectivity index (χ0) is 17.9. The van der Waals surface area contributed by atoms with Gasteiger partial charge in [0.1, 0.15) is 5.82 Å². The van der Waals surface area contributed by atoms with Crippen LogP contribution >= 0.6 is 11.8 Å². The topological polar surface area (TPSA) is 101 Å². The first-order valence-electron chi connectivity index (χ1n) is 6.67. The number of alkyl halides is 3. The average Bonchev–Trinajstić information content (AvgIpc) is 2.45. The van der Waals surface area contributed by atoms with Crippen molar-refractivity contribution in [1.29, 1.82) is 0 Å². The van der Waals surface area contributed by atoms with Gasteiger partial charge in [0.15, 0.2) is 5.16 Å². The number of hydrogen-bond donors (Lipinski definition) is 3. The van der Waals surface area contributed by atoms with Crippen molar-refractivity contribution in [2.75, 3.05) is 11.1 Å². The molecule has 2 aromatic rings. The summed E-state index contributed by atoms with van der Waals surface area (Å²) in [5.41, 5.74) is 4.43. The zero-order valence-corrected chi connectivity index (χ0v) is 13.2. The molecule has 0 spiro atoms. The molecule has 1 aromatic heterocycles. The standard InChI is InChI=1S/C14H13F3N4O2S/c1-7(24-13-20-10(18)6-11(22)21-13)12(23)19-9-4-2-8(3-5-9)14(15,16)17/h2-7H,1H3,(H,19,23)(H3,18,20,21,22). The Morgan fingerprint density at radius 2 is 1.96 bits per heavy atom. The number of aromatic amines is 1. The van der Waals surface area contributed by atoms with Gasteiger partial charge < -0.3 is 16.0 Å². The number of carbonyl (C=O) groups excluding carboxylic acids is 1. The SMILES string of the molecule is CC(Sc1nc(N)cc(=O)[nH]1)C(=O)Nc1ccc(C(F)(F)F)cc1. The largest absolute Gasteiger partial charge is 0.416 e. The molecule has 1 amide bonds. The summed E-state index contributed by atoms with van der Waals surface area (Å²) in [5, 5.41) is 2.01. The van der Waals surface area contributed by atoms with Gasteiger partial charge in [-0.1, -0.05) is 11.8 Å². The molecule has 0 aliphatic carbocycles. The van der Waals surface area contributed by atoms with Gasteiger partial charge in [0.05, 0.1) is 10.8 Å². The van der Waals surface area contributed by atoms with E-state index in [-0.39, 0.29) is 16.7 Å². The fraction of sp³-hybridized carbons (Fsp3) is 0.214. The van der Waals surface area contributed by atoms with E-state index >= 15 is 0 Å². The minimum atomic E-state index is -4.43. The molecule has 0 saturated heterocycles. The Bertz CT molecular complexity index is 790. The number of carbonyl (C=O) groups is 1. The molecule has 0 aliphatic heterocycles. The summed E-state index contributed by atoms with van der Waals surface area (Å²) in [5.74, 6) is -0.429. The van der Waals surface area contributed by atoms with Crippen LogP contribution in [0.5, 0.6) is 0 Å². The molecule has 1 heterocycles. The van der Waals surface area contributed by atoms with E-state index in [2.05, 4.69) is 15.3 Å². The molecule has 0 radical (unpaired) electrons. The van der Waals surface area contributed by atoms with Crippen LogP contribution in [0.4, 0.5) is 24.7 Å². The van der Waals surface area contributed by atoms with Gasteiger partial charge in [0.25, 0.3) is 5.56 Å². The number of anilines is 2. The highest BCUT2D eigenvalue weighted by molar-refractivity contribution is 8.00. The minimum absolute atomic E-state index is 0.0246. The molecule has 0 aliphatic rings. The Balaban J connectivity index is 2.02. The number of nitrogens with one attached hydrogen (secondary N) is 2. The van der Waals surface area contributed by atoms with Crippen LogP contribution in [0.25, 0.3) is 0 Å². The van der Waals surface area contributed by atoms with E-state index in [1.807, 2.05) is 0 Å². The van der Waals surface area contributed by atoms with Crippen molar-refractivity contribution in [1.82, 2.24) is 9.97 Å². The van der Waals surface area contributed by atoms with Gasteiger partial charge in [-0.15, -0.1) is 0 Å². The first kappa shape index (κ1) is 17.9. The van der Waals surface area contributed by atoms with E-state index in [4.69, 9.17) is 5.73 Å². The third-order valence-electron chi connectivity index (χ3n) is 2.88. The van der Waals surface area contributed by atoms with E-state index in [1.54, 1.807) is 6.92 Å². The third kappa shape index (κ3) is 4.75. The van der Waals surface area contributed by atoms with E-state index in [1.165, 1.54) is 12.1 Å². The minimum Gasteiger partial charge on any atom is -0.383 e. The average molecular weight is 358 g/mol. The molecule has 24 heavy (non-hydrogen) atoms. The second kappa shape index (κ2) is 6.95. The number of halogens is 3. The smallest absolute Gasteiger partial charge is 0.383 e. The molecule has 1 unspecified atom stereocenters. The molecule has 128 valence electrons. The lowest BCUT2D eigenvalue weighted by Gasteiger charge is -2.12. The number of H-pyrrole nitrogens is 1. The lowest BCUT2D eigenvalue weighted by atomic mass is 10.2. The Hall–Kier alpha value is -2.49. The quantitative estimate of drug-likeness (QED) is 0.576. The summed E-state index contributed by atoms with van der Waals surface area (Å²) < 4.78 is 37.4. The summed E-state index contributed by atoms with van der Waals surface area (Å²) in [6.45, 7) is 1.56. The fourth-order valence-corrected chi connectivity index (χ4v) is 2.53. The second-order valence-electron chi connectivity index (χ2n) is 4.80. The summed E-state index contributed by atoms with van der Waals surface area (Å²) in [6.07, 6.45) is -4.43. The highest BCUT2D eigenvalue weighted by atomic mass is 32.2. The van der Waals surface area contributed by atoms with Gasteiger partial charge in [-0.05, 0) is 31.2 Å². The molecule has 0 bridgehead atoms. The molecule has 1 atom stereocenters. The molecule has 10 heteroatoms. The molecule has 1 aromatic carbocycles. The van der Waals surface area contributed by atoms with E-state index in [9.17, 15) is 22.8 Å². The van der Waals surface area contributed by atoms with Crippen molar-refractivity contribution in [2.24, 2.45) is 0 Å². The van der Waals surface area contributed by atoms with E-state index in [0.29, 0.717) is 0 Å². The lowest BCUT2D eigenvalue weighted by Crippen LogP contribution is -2.23. The van der Waals surface area contributed by atoms with Crippen LogP contribution in [0.2, 0.25) is 0 Å². The van der Waals surface area contributed by atoms with E-state index < -0.39 is 28.5 Å². The van der Waals surface area contributed by atoms with Gasteiger partial charge in [-0.25, -0.2) is 4.98 Å². The lowest BCUT2D eigenvalue weighted by molar-refractivity contribution is -0.137. The Morgan fingerprint density at radius 1 is 1.33 bits per heavy atom. The normalized spacial score (nSPS) is 12.7. The number of hydrogen-bond acceptors (Lipinski definition) is 5. The number of aromatic nitrogens is 2. The predicted molar refractivity (Wildman–Crippen MR) is 84.7 cm³/mol. The fourth-order valence-electron chi connectivity index (χ4n) is 1.72. The highest BCUT2D eigenvalue weighted by Crippen LogP contribution is 2.30. The molecule has 0 fully saturated rings. The summed E-state index contributed by atoms with van der Waals surface area (Å²) >= 11 is 0.968. The van der Waals surface area contributed by atoms with Gasteiger partial charge >= 0.3 is 6.18 Å². The van der Waals surface area contributed by atoms with Crippen LogP contribution in [-0.2, 0) is 11.0 Å². The molecule has 0 saturated carbocycles. The van der Waals surface area contributed by atoms with Crippen LogP contribution in [-0.4, -0.2) is 21.1 Å². The Kier molecular flexibility index (Phi) is 5.17. The van der Waals surface area contributed by atoms with Crippen LogP contribution < -0.4 is 16.6 Å². The van der Waals surface area contributed by atoms with Gasteiger partial charge in [0.2, 0.25) is 5.91 Å². The number of benzene rings is 1. The number of nitrogens with two attached hydrogens (primary N) is 1. The van der Waals surface area contributed by atoms with Crippen molar-refractivity contribution in [2.45, 2.75) is 23.5 Å². The summed E-state index contributed by atoms with van der Waals surface area (Å²) in [7, 11) is 0. The van der Waals surface area contributed by atoms with Crippen LogP contribution in [0.3, 0.4) is 0 Å². The van der Waals surface area contributed by atoms with Crippen molar-refractivity contribution < 1.29 is 18.0 Å². The number of nitrogens with zero attached hydrogens (tertiary/aromatic N) is 1. The summed E-state index contributed by atoms with van der Waals surface area (Å²) in [4.78, 5) is 29.7.